The summed E-state index contributed by atoms with van der Waals surface area (Å²) >= 11 is 0. The monoisotopic (exact) mass is 347 g/mol. The summed E-state index contributed by atoms with van der Waals surface area (Å²) in [6.07, 6.45) is 0.812. The number of benzene rings is 2. The summed E-state index contributed by atoms with van der Waals surface area (Å²) in [4.78, 5) is 24.9. The number of amides is 1. The predicted octanol–water partition coefficient (Wildman–Crippen LogP) is 3.67. The van der Waals surface area contributed by atoms with Crippen LogP contribution in [0.5, 0.6) is 0 Å². The van der Waals surface area contributed by atoms with Crippen LogP contribution in [0.4, 0.5) is 5.69 Å². The average molecular weight is 347 g/mol. The summed E-state index contributed by atoms with van der Waals surface area (Å²) in [5, 5.41) is 7.30. The quantitative estimate of drug-likeness (QED) is 0.766. The molecule has 2 aromatic carbocycles. The number of nitrogens with one attached hydrogen (secondary N) is 1. The predicted molar refractivity (Wildman–Crippen MR) is 103 cm³/mol. The number of para-hydroxylation sites is 1. The van der Waals surface area contributed by atoms with Crippen LogP contribution >= 0.6 is 0 Å². The van der Waals surface area contributed by atoms with Gasteiger partial charge in [0.05, 0.1) is 5.69 Å². The minimum Gasteiger partial charge on any atom is -0.324 e. The third-order valence-corrected chi connectivity index (χ3v) is 4.30. The number of rotatable bonds is 5. The lowest BCUT2D eigenvalue weighted by Gasteiger charge is -2.16. The molecule has 0 fully saturated rings. The minimum atomic E-state index is -0.726. The molecular weight excluding hydrogens is 326 g/mol. The van der Waals surface area contributed by atoms with E-state index < -0.39 is 6.04 Å². The van der Waals surface area contributed by atoms with Crippen LogP contribution < -0.4 is 10.9 Å². The van der Waals surface area contributed by atoms with Crippen LogP contribution in [0.25, 0.3) is 11.3 Å². The van der Waals surface area contributed by atoms with Crippen molar-refractivity contribution in [2.75, 3.05) is 5.32 Å². The standard InChI is InChI=1S/C21H21N3O2/c1-3-16-9-7-8-12-18(16)22-21(26)15(2)24-20(25)14-13-19(23-24)17-10-5-4-6-11-17/h4-15H,3H2,1-2H3,(H,22,26)/t15-/m0/s1. The van der Waals surface area contributed by atoms with Gasteiger partial charge in [-0.05, 0) is 31.0 Å². The lowest BCUT2D eigenvalue weighted by Crippen LogP contribution is -2.33. The normalized spacial score (nSPS) is 11.8. The van der Waals surface area contributed by atoms with Gasteiger partial charge in [0.2, 0.25) is 5.91 Å². The fourth-order valence-corrected chi connectivity index (χ4v) is 2.76. The molecule has 3 aromatic rings. The zero-order chi connectivity index (χ0) is 18.5. The Bertz CT molecular complexity index is 964. The molecule has 0 aliphatic carbocycles. The van der Waals surface area contributed by atoms with E-state index in [2.05, 4.69) is 10.4 Å². The highest BCUT2D eigenvalue weighted by Crippen LogP contribution is 2.18. The molecule has 3 rings (SSSR count). The van der Waals surface area contributed by atoms with E-state index in [1.54, 1.807) is 13.0 Å². The number of hydrogen-bond donors (Lipinski definition) is 1. The second-order valence-corrected chi connectivity index (χ2v) is 6.04. The zero-order valence-corrected chi connectivity index (χ0v) is 14.8. The van der Waals surface area contributed by atoms with E-state index in [9.17, 15) is 9.59 Å². The summed E-state index contributed by atoms with van der Waals surface area (Å²) in [5.74, 6) is -0.272. The summed E-state index contributed by atoms with van der Waals surface area (Å²) in [5.41, 5.74) is 3.05. The Morgan fingerprint density at radius 2 is 1.73 bits per heavy atom. The first-order chi connectivity index (χ1) is 12.6. The van der Waals surface area contributed by atoms with Gasteiger partial charge in [-0.15, -0.1) is 0 Å². The van der Waals surface area contributed by atoms with Gasteiger partial charge >= 0.3 is 0 Å². The van der Waals surface area contributed by atoms with Crippen LogP contribution in [-0.2, 0) is 11.2 Å². The molecule has 0 spiro atoms. The van der Waals surface area contributed by atoms with E-state index in [0.717, 1.165) is 23.2 Å². The molecule has 0 bridgehead atoms. The first kappa shape index (κ1) is 17.6. The van der Waals surface area contributed by atoms with Gasteiger partial charge in [-0.3, -0.25) is 9.59 Å². The maximum Gasteiger partial charge on any atom is 0.267 e. The van der Waals surface area contributed by atoms with Gasteiger partial charge in [-0.2, -0.15) is 5.10 Å². The molecule has 0 aliphatic rings. The zero-order valence-electron chi connectivity index (χ0n) is 14.8. The van der Waals surface area contributed by atoms with Crippen molar-refractivity contribution in [3.05, 3.63) is 82.6 Å². The summed E-state index contributed by atoms with van der Waals surface area (Å²) in [7, 11) is 0. The molecule has 26 heavy (non-hydrogen) atoms. The molecule has 0 saturated heterocycles. The topological polar surface area (TPSA) is 64.0 Å². The highest BCUT2D eigenvalue weighted by atomic mass is 16.2. The highest BCUT2D eigenvalue weighted by molar-refractivity contribution is 5.94. The van der Waals surface area contributed by atoms with E-state index >= 15 is 0 Å². The SMILES string of the molecule is CCc1ccccc1NC(=O)[C@H](C)n1nc(-c2ccccc2)ccc1=O. The molecule has 132 valence electrons. The Hall–Kier alpha value is -3.21. The van der Waals surface area contributed by atoms with Crippen molar-refractivity contribution in [2.24, 2.45) is 0 Å². The van der Waals surface area contributed by atoms with Crippen molar-refractivity contribution in [2.45, 2.75) is 26.3 Å². The van der Waals surface area contributed by atoms with Crippen LogP contribution in [0, 0.1) is 0 Å². The fourth-order valence-electron chi connectivity index (χ4n) is 2.76. The Labute approximate surface area is 152 Å². The Morgan fingerprint density at radius 3 is 2.46 bits per heavy atom. The van der Waals surface area contributed by atoms with Crippen molar-refractivity contribution in [1.82, 2.24) is 9.78 Å². The van der Waals surface area contributed by atoms with Crippen LogP contribution in [0.15, 0.2) is 71.5 Å². The smallest absolute Gasteiger partial charge is 0.267 e. The molecule has 0 aliphatic heterocycles. The van der Waals surface area contributed by atoms with Crippen molar-refractivity contribution >= 4 is 11.6 Å². The van der Waals surface area contributed by atoms with Crippen molar-refractivity contribution in [3.8, 4) is 11.3 Å². The molecule has 0 saturated carbocycles. The maximum atomic E-state index is 12.7. The molecule has 5 heteroatoms. The molecule has 1 aromatic heterocycles. The average Bonchev–Trinajstić information content (AvgIpc) is 2.69. The van der Waals surface area contributed by atoms with E-state index in [1.807, 2.05) is 61.5 Å². The number of hydrogen-bond acceptors (Lipinski definition) is 3. The number of aromatic nitrogens is 2. The maximum absolute atomic E-state index is 12.7. The van der Waals surface area contributed by atoms with Gasteiger partial charge in [-0.25, -0.2) is 4.68 Å². The third kappa shape index (κ3) is 3.72. The number of carbonyl (C=O) groups is 1. The van der Waals surface area contributed by atoms with E-state index in [-0.39, 0.29) is 11.5 Å². The van der Waals surface area contributed by atoms with Gasteiger partial charge in [0, 0.05) is 17.3 Å². The molecule has 1 heterocycles. The van der Waals surface area contributed by atoms with Gasteiger partial charge in [0.15, 0.2) is 0 Å². The van der Waals surface area contributed by atoms with Crippen LogP contribution in [-0.4, -0.2) is 15.7 Å². The van der Waals surface area contributed by atoms with Gasteiger partial charge in [-0.1, -0.05) is 55.5 Å². The van der Waals surface area contributed by atoms with Gasteiger partial charge in [0.25, 0.3) is 5.56 Å². The number of carbonyl (C=O) groups excluding carboxylic acids is 1. The molecular formula is C21H21N3O2. The highest BCUT2D eigenvalue weighted by Gasteiger charge is 2.19. The first-order valence-corrected chi connectivity index (χ1v) is 8.64. The summed E-state index contributed by atoms with van der Waals surface area (Å²) in [6, 6.07) is 19.6. The second-order valence-electron chi connectivity index (χ2n) is 6.04. The lowest BCUT2D eigenvalue weighted by atomic mass is 10.1. The fraction of sp³-hybridized carbons (Fsp3) is 0.190. The second kappa shape index (κ2) is 7.78. The van der Waals surface area contributed by atoms with E-state index in [0.29, 0.717) is 5.69 Å². The van der Waals surface area contributed by atoms with Crippen LogP contribution in [0.2, 0.25) is 0 Å². The van der Waals surface area contributed by atoms with E-state index in [4.69, 9.17) is 0 Å². The van der Waals surface area contributed by atoms with Crippen LogP contribution in [0.1, 0.15) is 25.5 Å². The van der Waals surface area contributed by atoms with Crippen molar-refractivity contribution in [3.63, 3.8) is 0 Å². The molecule has 1 amide bonds. The molecule has 0 radical (unpaired) electrons. The van der Waals surface area contributed by atoms with Crippen molar-refractivity contribution in [1.29, 1.82) is 0 Å². The molecule has 0 unspecified atom stereocenters. The largest absolute Gasteiger partial charge is 0.324 e. The van der Waals surface area contributed by atoms with Crippen molar-refractivity contribution < 1.29 is 4.79 Å². The number of anilines is 1. The number of nitrogens with zero attached hydrogens (tertiary/aromatic N) is 2. The summed E-state index contributed by atoms with van der Waals surface area (Å²) < 4.78 is 1.23. The molecule has 1 N–H and O–H groups in total. The number of aryl methyl sites for hydroxylation is 1. The molecule has 1 atom stereocenters. The van der Waals surface area contributed by atoms with Gasteiger partial charge < -0.3 is 5.32 Å². The first-order valence-electron chi connectivity index (χ1n) is 8.64. The third-order valence-electron chi connectivity index (χ3n) is 4.30. The molecule has 5 nitrogen and oxygen atoms in total. The Morgan fingerprint density at radius 1 is 1.04 bits per heavy atom. The Kier molecular flexibility index (Phi) is 5.27. The van der Waals surface area contributed by atoms with Gasteiger partial charge in [0.1, 0.15) is 6.04 Å². The summed E-state index contributed by atoms with van der Waals surface area (Å²) in [6.45, 7) is 3.71. The minimum absolute atomic E-state index is 0.272. The Balaban J connectivity index is 1.88. The van der Waals surface area contributed by atoms with E-state index in [1.165, 1.54) is 10.7 Å². The lowest BCUT2D eigenvalue weighted by molar-refractivity contribution is -0.119. The van der Waals surface area contributed by atoms with Crippen LogP contribution in [0.3, 0.4) is 0 Å².